The summed E-state index contributed by atoms with van der Waals surface area (Å²) in [6.07, 6.45) is 3.68. The highest BCUT2D eigenvalue weighted by Crippen LogP contribution is 2.14. The standard InChI is InChI=1S/C6H11NO2/c1-8-6(9-2)3-4-7-5-6/h3-4,7H,5H2,1-2H3. The van der Waals surface area contributed by atoms with E-state index in [-0.39, 0.29) is 0 Å². The Morgan fingerprint density at radius 1 is 1.44 bits per heavy atom. The van der Waals surface area contributed by atoms with Gasteiger partial charge in [0.05, 0.1) is 6.54 Å². The van der Waals surface area contributed by atoms with Crippen LogP contribution in [0.25, 0.3) is 0 Å². The van der Waals surface area contributed by atoms with Gasteiger partial charge in [0.1, 0.15) is 0 Å². The molecule has 0 saturated carbocycles. The highest BCUT2D eigenvalue weighted by atomic mass is 16.7. The summed E-state index contributed by atoms with van der Waals surface area (Å²) in [5.74, 6) is -0.514. The van der Waals surface area contributed by atoms with Crippen molar-refractivity contribution in [3.63, 3.8) is 0 Å². The lowest BCUT2D eigenvalue weighted by Gasteiger charge is -2.22. The van der Waals surface area contributed by atoms with Crippen molar-refractivity contribution in [2.24, 2.45) is 0 Å². The minimum Gasteiger partial charge on any atom is -0.385 e. The van der Waals surface area contributed by atoms with Crippen molar-refractivity contribution in [2.75, 3.05) is 20.8 Å². The molecule has 0 saturated heterocycles. The summed E-state index contributed by atoms with van der Waals surface area (Å²) in [6, 6.07) is 0. The third-order valence-corrected chi connectivity index (χ3v) is 1.49. The molecule has 52 valence electrons. The first-order chi connectivity index (χ1) is 4.33. The van der Waals surface area contributed by atoms with Gasteiger partial charge in [0.25, 0.3) is 0 Å². The van der Waals surface area contributed by atoms with Crippen LogP contribution in [0.2, 0.25) is 0 Å². The fourth-order valence-corrected chi connectivity index (χ4v) is 0.810. The van der Waals surface area contributed by atoms with E-state index in [1.807, 2.05) is 12.3 Å². The molecule has 1 heterocycles. The number of ether oxygens (including phenoxy) is 2. The van der Waals surface area contributed by atoms with Crippen LogP contribution >= 0.6 is 0 Å². The molecule has 0 aromatic rings. The molecule has 0 atom stereocenters. The van der Waals surface area contributed by atoms with E-state index in [0.717, 1.165) is 0 Å². The SMILES string of the molecule is COC1(OC)C=CNC1. The second kappa shape index (κ2) is 2.37. The minimum absolute atomic E-state index is 0.514. The maximum Gasteiger partial charge on any atom is 0.206 e. The van der Waals surface area contributed by atoms with Crippen LogP contribution in [0.15, 0.2) is 12.3 Å². The smallest absolute Gasteiger partial charge is 0.206 e. The molecule has 1 aliphatic rings. The van der Waals surface area contributed by atoms with Crippen LogP contribution in [0.3, 0.4) is 0 Å². The second-order valence-electron chi connectivity index (χ2n) is 1.93. The van der Waals surface area contributed by atoms with Crippen LogP contribution in [-0.4, -0.2) is 26.6 Å². The monoisotopic (exact) mass is 129 g/mol. The van der Waals surface area contributed by atoms with E-state index in [1.54, 1.807) is 14.2 Å². The topological polar surface area (TPSA) is 30.5 Å². The Balaban J connectivity index is 2.57. The molecule has 0 aliphatic carbocycles. The molecule has 9 heavy (non-hydrogen) atoms. The summed E-state index contributed by atoms with van der Waals surface area (Å²) in [4.78, 5) is 0. The Morgan fingerprint density at radius 2 is 2.11 bits per heavy atom. The van der Waals surface area contributed by atoms with Crippen molar-refractivity contribution in [1.29, 1.82) is 0 Å². The van der Waals surface area contributed by atoms with Crippen LogP contribution in [0.5, 0.6) is 0 Å². The van der Waals surface area contributed by atoms with Gasteiger partial charge in [-0.15, -0.1) is 0 Å². The van der Waals surface area contributed by atoms with Crippen LogP contribution < -0.4 is 5.32 Å². The zero-order valence-electron chi connectivity index (χ0n) is 5.68. The van der Waals surface area contributed by atoms with Crippen molar-refractivity contribution in [2.45, 2.75) is 5.79 Å². The Kier molecular flexibility index (Phi) is 1.73. The predicted molar refractivity (Wildman–Crippen MR) is 33.9 cm³/mol. The highest BCUT2D eigenvalue weighted by Gasteiger charge is 2.28. The van der Waals surface area contributed by atoms with E-state index in [9.17, 15) is 0 Å². The van der Waals surface area contributed by atoms with Crippen LogP contribution in [0.1, 0.15) is 0 Å². The van der Waals surface area contributed by atoms with E-state index in [2.05, 4.69) is 5.32 Å². The normalized spacial score (nSPS) is 22.0. The molecule has 0 amide bonds. The molecular formula is C6H11NO2. The summed E-state index contributed by atoms with van der Waals surface area (Å²) in [6.45, 7) is 0.694. The zero-order valence-corrected chi connectivity index (χ0v) is 5.68. The lowest BCUT2D eigenvalue weighted by atomic mass is 10.3. The van der Waals surface area contributed by atoms with Gasteiger partial charge >= 0.3 is 0 Å². The van der Waals surface area contributed by atoms with Crippen LogP contribution in [0.4, 0.5) is 0 Å². The van der Waals surface area contributed by atoms with Crippen LogP contribution in [0, 0.1) is 0 Å². The van der Waals surface area contributed by atoms with Crippen molar-refractivity contribution in [3.8, 4) is 0 Å². The van der Waals surface area contributed by atoms with E-state index >= 15 is 0 Å². The molecule has 0 unspecified atom stereocenters. The third kappa shape index (κ3) is 1.06. The summed E-state index contributed by atoms with van der Waals surface area (Å²) < 4.78 is 10.2. The molecule has 3 nitrogen and oxygen atoms in total. The van der Waals surface area contributed by atoms with Crippen molar-refractivity contribution < 1.29 is 9.47 Å². The van der Waals surface area contributed by atoms with Gasteiger partial charge in [-0.25, -0.2) is 0 Å². The third-order valence-electron chi connectivity index (χ3n) is 1.49. The zero-order chi connectivity index (χ0) is 6.74. The predicted octanol–water partition coefficient (Wildman–Crippen LogP) is 0.0924. The first-order valence-electron chi connectivity index (χ1n) is 2.84. The van der Waals surface area contributed by atoms with Crippen molar-refractivity contribution in [1.82, 2.24) is 5.32 Å². The number of nitrogens with one attached hydrogen (secondary N) is 1. The van der Waals surface area contributed by atoms with Gasteiger partial charge < -0.3 is 14.8 Å². The summed E-state index contributed by atoms with van der Waals surface area (Å²) in [5.41, 5.74) is 0. The molecule has 1 rings (SSSR count). The van der Waals surface area contributed by atoms with Gasteiger partial charge in [-0.05, 0) is 12.3 Å². The quantitative estimate of drug-likeness (QED) is 0.536. The van der Waals surface area contributed by atoms with E-state index < -0.39 is 5.79 Å². The summed E-state index contributed by atoms with van der Waals surface area (Å²) in [5, 5.41) is 2.98. The molecule has 3 heteroatoms. The molecule has 0 fully saturated rings. The average molecular weight is 129 g/mol. The Bertz CT molecular complexity index is 118. The molecule has 0 aromatic carbocycles. The van der Waals surface area contributed by atoms with Gasteiger partial charge in [0, 0.05) is 14.2 Å². The Hall–Kier alpha value is -0.540. The van der Waals surface area contributed by atoms with Gasteiger partial charge in [-0.1, -0.05) is 0 Å². The minimum atomic E-state index is -0.514. The highest BCUT2D eigenvalue weighted by molar-refractivity contribution is 5.03. The molecule has 0 spiro atoms. The molecular weight excluding hydrogens is 118 g/mol. The lowest BCUT2D eigenvalue weighted by Crippen LogP contribution is -2.35. The van der Waals surface area contributed by atoms with Crippen molar-refractivity contribution in [3.05, 3.63) is 12.3 Å². The number of rotatable bonds is 2. The van der Waals surface area contributed by atoms with E-state index in [4.69, 9.17) is 9.47 Å². The first kappa shape index (κ1) is 6.58. The van der Waals surface area contributed by atoms with Gasteiger partial charge in [0.15, 0.2) is 0 Å². The fourth-order valence-electron chi connectivity index (χ4n) is 0.810. The maximum absolute atomic E-state index is 5.08. The fraction of sp³-hybridized carbons (Fsp3) is 0.667. The summed E-state index contributed by atoms with van der Waals surface area (Å²) in [7, 11) is 3.25. The molecule has 1 aliphatic heterocycles. The van der Waals surface area contributed by atoms with E-state index in [1.165, 1.54) is 0 Å². The molecule has 0 bridgehead atoms. The number of methoxy groups -OCH3 is 2. The maximum atomic E-state index is 5.08. The number of hydrogen-bond donors (Lipinski definition) is 1. The van der Waals surface area contributed by atoms with E-state index in [0.29, 0.717) is 6.54 Å². The molecule has 1 N–H and O–H groups in total. The summed E-state index contributed by atoms with van der Waals surface area (Å²) >= 11 is 0. The van der Waals surface area contributed by atoms with Crippen molar-refractivity contribution >= 4 is 0 Å². The second-order valence-corrected chi connectivity index (χ2v) is 1.93. The first-order valence-corrected chi connectivity index (χ1v) is 2.84. The molecule has 0 aromatic heterocycles. The van der Waals surface area contributed by atoms with Gasteiger partial charge in [-0.3, -0.25) is 0 Å². The molecule has 0 radical (unpaired) electrons. The Labute approximate surface area is 54.6 Å². The van der Waals surface area contributed by atoms with Crippen LogP contribution in [-0.2, 0) is 9.47 Å². The Morgan fingerprint density at radius 3 is 2.33 bits per heavy atom. The largest absolute Gasteiger partial charge is 0.385 e. The average Bonchev–Trinajstić information content (AvgIpc) is 2.36. The number of hydrogen-bond acceptors (Lipinski definition) is 3. The van der Waals surface area contributed by atoms with Gasteiger partial charge in [0.2, 0.25) is 5.79 Å². The lowest BCUT2D eigenvalue weighted by molar-refractivity contribution is -0.159. The van der Waals surface area contributed by atoms with Gasteiger partial charge in [-0.2, -0.15) is 0 Å².